The molecule has 1 unspecified atom stereocenters. The second kappa shape index (κ2) is 5.26. The lowest BCUT2D eigenvalue weighted by Crippen LogP contribution is -2.32. The Morgan fingerprint density at radius 3 is 3.18 bits per heavy atom. The Hall–Kier alpha value is -0.100. The van der Waals surface area contributed by atoms with Crippen molar-refractivity contribution in [3.63, 3.8) is 0 Å². The van der Waals surface area contributed by atoms with E-state index >= 15 is 0 Å². The molecule has 3 rings (SSSR count). The van der Waals surface area contributed by atoms with Gasteiger partial charge >= 0.3 is 0 Å². The zero-order valence-electron chi connectivity index (χ0n) is 10.2. The zero-order chi connectivity index (χ0) is 11.7. The molecule has 0 aromatic carbocycles. The summed E-state index contributed by atoms with van der Waals surface area (Å²) >= 11 is 3.87. The van der Waals surface area contributed by atoms with Gasteiger partial charge in [-0.2, -0.15) is 11.8 Å². The van der Waals surface area contributed by atoms with E-state index < -0.39 is 0 Å². The number of aromatic nitrogens is 1. The second-order valence-corrected chi connectivity index (χ2v) is 6.94. The number of nitrogens with zero attached hydrogens (tertiary/aromatic N) is 2. The van der Waals surface area contributed by atoms with E-state index in [4.69, 9.17) is 4.98 Å². The highest BCUT2D eigenvalue weighted by Crippen LogP contribution is 2.30. The molecule has 1 N–H and O–H groups in total. The summed E-state index contributed by atoms with van der Waals surface area (Å²) in [5, 5.41) is 7.04. The molecular formula is C12H19N3S2. The van der Waals surface area contributed by atoms with E-state index in [9.17, 15) is 0 Å². The number of hydrogen-bond donors (Lipinski definition) is 1. The summed E-state index contributed by atoms with van der Waals surface area (Å²) in [5.41, 5.74) is 1.22. The van der Waals surface area contributed by atoms with E-state index in [1.807, 2.05) is 23.1 Å². The monoisotopic (exact) mass is 269 g/mol. The highest BCUT2D eigenvalue weighted by atomic mass is 32.2. The van der Waals surface area contributed by atoms with Crippen molar-refractivity contribution in [1.29, 1.82) is 0 Å². The van der Waals surface area contributed by atoms with E-state index in [-0.39, 0.29) is 0 Å². The Bertz CT molecular complexity index is 376. The van der Waals surface area contributed by atoms with Crippen molar-refractivity contribution in [2.75, 3.05) is 25.1 Å². The minimum Gasteiger partial charge on any atom is -0.308 e. The maximum atomic E-state index is 4.79. The third-order valence-electron chi connectivity index (χ3n) is 3.40. The molecule has 0 spiro atoms. The van der Waals surface area contributed by atoms with Crippen LogP contribution in [0.1, 0.15) is 29.6 Å². The van der Waals surface area contributed by atoms with Crippen LogP contribution in [0.2, 0.25) is 0 Å². The summed E-state index contributed by atoms with van der Waals surface area (Å²) in [6.07, 6.45) is 2.69. The van der Waals surface area contributed by atoms with E-state index in [0.717, 1.165) is 12.6 Å². The van der Waals surface area contributed by atoms with Gasteiger partial charge in [0.25, 0.3) is 0 Å². The summed E-state index contributed by atoms with van der Waals surface area (Å²) in [5.74, 6) is 2.45. The lowest BCUT2D eigenvalue weighted by molar-refractivity contribution is 0.274. The van der Waals surface area contributed by atoms with Crippen LogP contribution in [0.5, 0.6) is 0 Å². The Labute approximate surface area is 111 Å². The maximum Gasteiger partial charge on any atom is 0.111 e. The normalized spacial score (nSPS) is 26.3. The molecule has 1 aromatic rings. The predicted molar refractivity (Wildman–Crippen MR) is 74.7 cm³/mol. The van der Waals surface area contributed by atoms with Crippen molar-refractivity contribution in [3.8, 4) is 0 Å². The third kappa shape index (κ3) is 3.02. The minimum absolute atomic E-state index is 0.536. The molecule has 1 saturated heterocycles. The Balaban J connectivity index is 1.61. The molecule has 5 heteroatoms. The van der Waals surface area contributed by atoms with Crippen molar-refractivity contribution >= 4 is 23.1 Å². The van der Waals surface area contributed by atoms with Crippen LogP contribution in [0, 0.1) is 0 Å². The van der Waals surface area contributed by atoms with Crippen LogP contribution in [-0.2, 0) is 6.54 Å². The molecular weight excluding hydrogens is 250 g/mol. The van der Waals surface area contributed by atoms with Crippen LogP contribution in [0.4, 0.5) is 0 Å². The highest BCUT2D eigenvalue weighted by molar-refractivity contribution is 7.99. The van der Waals surface area contributed by atoms with Gasteiger partial charge in [0.15, 0.2) is 0 Å². The second-order valence-electron chi connectivity index (χ2n) is 4.90. The quantitative estimate of drug-likeness (QED) is 0.906. The molecule has 1 aromatic heterocycles. The van der Waals surface area contributed by atoms with Crippen molar-refractivity contribution < 1.29 is 0 Å². The lowest BCUT2D eigenvalue weighted by Gasteiger charge is -2.30. The number of rotatable bonds is 4. The highest BCUT2D eigenvalue weighted by Gasteiger charge is 2.24. The average Bonchev–Trinajstić information content (AvgIpc) is 3.06. The van der Waals surface area contributed by atoms with Crippen molar-refractivity contribution in [2.45, 2.75) is 31.5 Å². The summed E-state index contributed by atoms with van der Waals surface area (Å²) in [6.45, 7) is 2.13. The van der Waals surface area contributed by atoms with Gasteiger partial charge in [0.2, 0.25) is 0 Å². The molecule has 17 heavy (non-hydrogen) atoms. The van der Waals surface area contributed by atoms with E-state index in [1.54, 1.807) is 0 Å². The first-order chi connectivity index (χ1) is 8.33. The number of thioether (sulfide) groups is 1. The molecule has 1 aliphatic heterocycles. The Morgan fingerprint density at radius 1 is 1.53 bits per heavy atom. The SMILES string of the molecule is CN1CCSCC1c1nc(CNC2CC2)cs1. The van der Waals surface area contributed by atoms with Crippen LogP contribution in [0.25, 0.3) is 0 Å². The van der Waals surface area contributed by atoms with Gasteiger partial charge in [-0.05, 0) is 19.9 Å². The van der Waals surface area contributed by atoms with Crippen LogP contribution in [0.3, 0.4) is 0 Å². The smallest absolute Gasteiger partial charge is 0.111 e. The first-order valence-corrected chi connectivity index (χ1v) is 8.32. The number of thiazole rings is 1. The van der Waals surface area contributed by atoms with Crippen molar-refractivity contribution in [1.82, 2.24) is 15.2 Å². The molecule has 0 amide bonds. The van der Waals surface area contributed by atoms with Gasteiger partial charge in [-0.1, -0.05) is 0 Å². The van der Waals surface area contributed by atoms with Gasteiger partial charge in [-0.3, -0.25) is 4.90 Å². The zero-order valence-corrected chi connectivity index (χ0v) is 11.8. The molecule has 94 valence electrons. The minimum atomic E-state index is 0.536. The number of nitrogens with one attached hydrogen (secondary N) is 1. The number of hydrogen-bond acceptors (Lipinski definition) is 5. The van der Waals surface area contributed by atoms with E-state index in [0.29, 0.717) is 6.04 Å². The van der Waals surface area contributed by atoms with Gasteiger partial charge in [-0.15, -0.1) is 11.3 Å². The molecule has 2 fully saturated rings. The topological polar surface area (TPSA) is 28.2 Å². The third-order valence-corrected chi connectivity index (χ3v) is 5.42. The van der Waals surface area contributed by atoms with Gasteiger partial charge in [0.05, 0.1) is 11.7 Å². The molecule has 0 radical (unpaired) electrons. The fourth-order valence-corrected chi connectivity index (χ4v) is 4.35. The largest absolute Gasteiger partial charge is 0.308 e. The molecule has 0 bridgehead atoms. The molecule has 2 aliphatic rings. The Kier molecular flexibility index (Phi) is 3.70. The fourth-order valence-electron chi connectivity index (χ4n) is 2.04. The summed E-state index contributed by atoms with van der Waals surface area (Å²) in [4.78, 5) is 7.22. The van der Waals surface area contributed by atoms with Gasteiger partial charge in [-0.25, -0.2) is 4.98 Å². The first-order valence-electron chi connectivity index (χ1n) is 6.28. The predicted octanol–water partition coefficient (Wildman–Crippen LogP) is 2.11. The standard InChI is InChI=1S/C12H19N3S2/c1-15-4-5-16-8-11(15)12-14-10(7-17-12)6-13-9-2-3-9/h7,9,11,13H,2-6,8H2,1H3. The van der Waals surface area contributed by atoms with E-state index in [2.05, 4.69) is 22.6 Å². The lowest BCUT2D eigenvalue weighted by atomic mass is 10.3. The van der Waals surface area contributed by atoms with Crippen LogP contribution in [-0.4, -0.2) is 41.0 Å². The fraction of sp³-hybridized carbons (Fsp3) is 0.750. The molecule has 2 heterocycles. The van der Waals surface area contributed by atoms with Gasteiger partial charge < -0.3 is 5.32 Å². The molecule has 1 atom stereocenters. The van der Waals surface area contributed by atoms with Crippen molar-refractivity contribution in [2.24, 2.45) is 0 Å². The summed E-state index contributed by atoms with van der Waals surface area (Å²) < 4.78 is 0. The summed E-state index contributed by atoms with van der Waals surface area (Å²) in [6, 6.07) is 1.31. The maximum absolute atomic E-state index is 4.79. The molecule has 1 aliphatic carbocycles. The van der Waals surface area contributed by atoms with Gasteiger partial charge in [0, 0.05) is 36.0 Å². The van der Waals surface area contributed by atoms with Crippen molar-refractivity contribution in [3.05, 3.63) is 16.1 Å². The first kappa shape index (κ1) is 12.0. The van der Waals surface area contributed by atoms with Crippen LogP contribution < -0.4 is 5.32 Å². The van der Waals surface area contributed by atoms with Gasteiger partial charge in [0.1, 0.15) is 5.01 Å². The Morgan fingerprint density at radius 2 is 2.41 bits per heavy atom. The molecule has 1 saturated carbocycles. The van der Waals surface area contributed by atoms with Crippen LogP contribution >= 0.6 is 23.1 Å². The molecule has 3 nitrogen and oxygen atoms in total. The van der Waals surface area contributed by atoms with Crippen LogP contribution in [0.15, 0.2) is 5.38 Å². The summed E-state index contributed by atoms with van der Waals surface area (Å²) in [7, 11) is 2.22. The average molecular weight is 269 g/mol. The van der Waals surface area contributed by atoms with E-state index in [1.165, 1.54) is 41.6 Å².